The molecule has 0 radical (unpaired) electrons. The molecule has 3 unspecified atom stereocenters. The van der Waals surface area contributed by atoms with E-state index in [0.29, 0.717) is 5.56 Å². The molecule has 1 aliphatic rings. The van der Waals surface area contributed by atoms with Gasteiger partial charge in [-0.15, -0.1) is 0 Å². The minimum Gasteiger partial charge on any atom is -0.390 e. The predicted molar refractivity (Wildman–Crippen MR) is 73.5 cm³/mol. The molecule has 0 aliphatic carbocycles. The van der Waals surface area contributed by atoms with Gasteiger partial charge in [0.2, 0.25) is 0 Å². The molecule has 0 bridgehead atoms. The maximum absolute atomic E-state index is 11.8. The molecule has 0 spiro atoms. The van der Waals surface area contributed by atoms with E-state index in [-0.39, 0.29) is 13.0 Å². The van der Waals surface area contributed by atoms with E-state index in [9.17, 15) is 19.3 Å². The number of rotatable bonds is 4. The first-order valence-electron chi connectivity index (χ1n) is 6.49. The number of aryl methyl sites for hydroxylation is 1. The molecule has 0 amide bonds. The standard InChI is InChI=1S/C11H17N2O8P/c1-6-3-13(11(16)12-10(6)15)7-2-8(14)9(20-4-7)5-21-22(17,18)19/h3,7-9,14H,2,4-5H2,1H3,(H,12,15,16)(H2,17,18,19). The van der Waals surface area contributed by atoms with Crippen LogP contribution in [0.5, 0.6) is 0 Å². The summed E-state index contributed by atoms with van der Waals surface area (Å²) in [5, 5.41) is 9.97. The third-order valence-corrected chi connectivity index (χ3v) is 3.88. The van der Waals surface area contributed by atoms with Crippen molar-refractivity contribution in [2.24, 2.45) is 0 Å². The lowest BCUT2D eigenvalue weighted by molar-refractivity contribution is -0.111. The van der Waals surface area contributed by atoms with Crippen molar-refractivity contribution < 1.29 is 28.7 Å². The summed E-state index contributed by atoms with van der Waals surface area (Å²) in [6, 6.07) is -0.496. The number of aromatic amines is 1. The Bertz CT molecular complexity index is 692. The zero-order valence-corrected chi connectivity index (χ0v) is 12.6. The van der Waals surface area contributed by atoms with Gasteiger partial charge < -0.3 is 19.6 Å². The molecular formula is C11H17N2O8P. The fraction of sp³-hybridized carbons (Fsp3) is 0.636. The number of nitrogens with zero attached hydrogens (tertiary/aromatic N) is 1. The highest BCUT2D eigenvalue weighted by molar-refractivity contribution is 7.46. The lowest BCUT2D eigenvalue weighted by Crippen LogP contribution is -2.45. The fourth-order valence-corrected chi connectivity index (χ4v) is 2.57. The van der Waals surface area contributed by atoms with Crippen LogP contribution in [0.15, 0.2) is 15.8 Å². The van der Waals surface area contributed by atoms with Crippen molar-refractivity contribution in [3.8, 4) is 0 Å². The van der Waals surface area contributed by atoms with Crippen LogP contribution in [0.1, 0.15) is 18.0 Å². The van der Waals surface area contributed by atoms with Gasteiger partial charge in [-0.25, -0.2) is 9.36 Å². The predicted octanol–water partition coefficient (Wildman–Crippen LogP) is -1.35. The Kier molecular flexibility index (Phi) is 5.00. The molecule has 2 rings (SSSR count). The first-order chi connectivity index (χ1) is 10.2. The lowest BCUT2D eigenvalue weighted by Gasteiger charge is -2.33. The summed E-state index contributed by atoms with van der Waals surface area (Å²) in [6.45, 7) is 1.13. The van der Waals surface area contributed by atoms with Gasteiger partial charge in [-0.3, -0.25) is 18.9 Å². The van der Waals surface area contributed by atoms with Gasteiger partial charge >= 0.3 is 13.5 Å². The van der Waals surface area contributed by atoms with Crippen molar-refractivity contribution in [2.75, 3.05) is 13.2 Å². The van der Waals surface area contributed by atoms with Gasteiger partial charge in [-0.05, 0) is 13.3 Å². The van der Waals surface area contributed by atoms with Crippen LogP contribution in [0.2, 0.25) is 0 Å². The van der Waals surface area contributed by atoms with Gasteiger partial charge in [0.1, 0.15) is 6.10 Å². The summed E-state index contributed by atoms with van der Waals surface area (Å²) in [5.74, 6) is 0. The Morgan fingerprint density at radius 1 is 1.50 bits per heavy atom. The van der Waals surface area contributed by atoms with E-state index >= 15 is 0 Å². The number of aliphatic hydroxyl groups is 1. The van der Waals surface area contributed by atoms with Gasteiger partial charge in [0, 0.05) is 11.8 Å². The molecule has 1 saturated heterocycles. The zero-order chi connectivity index (χ0) is 16.5. The number of H-pyrrole nitrogens is 1. The molecule has 2 heterocycles. The van der Waals surface area contributed by atoms with E-state index in [2.05, 4.69) is 9.51 Å². The minimum atomic E-state index is -4.64. The number of hydrogen-bond acceptors (Lipinski definition) is 6. The molecule has 22 heavy (non-hydrogen) atoms. The average Bonchev–Trinajstić information content (AvgIpc) is 2.40. The summed E-state index contributed by atoms with van der Waals surface area (Å²) in [5.41, 5.74) is -0.742. The Hall–Kier alpha value is -1.29. The van der Waals surface area contributed by atoms with Crippen LogP contribution in [0.25, 0.3) is 0 Å². The van der Waals surface area contributed by atoms with Crippen molar-refractivity contribution in [1.82, 2.24) is 9.55 Å². The van der Waals surface area contributed by atoms with Crippen LogP contribution < -0.4 is 11.2 Å². The quantitative estimate of drug-likeness (QED) is 0.492. The number of nitrogens with one attached hydrogen (secondary N) is 1. The second-order valence-corrected chi connectivity index (χ2v) is 6.33. The molecule has 11 heteroatoms. The van der Waals surface area contributed by atoms with Crippen LogP contribution >= 0.6 is 7.82 Å². The second-order valence-electron chi connectivity index (χ2n) is 5.09. The van der Waals surface area contributed by atoms with Crippen molar-refractivity contribution in [3.05, 3.63) is 32.6 Å². The Morgan fingerprint density at radius 2 is 2.18 bits per heavy atom. The molecule has 1 aromatic heterocycles. The third-order valence-electron chi connectivity index (χ3n) is 3.39. The highest BCUT2D eigenvalue weighted by atomic mass is 31.2. The van der Waals surface area contributed by atoms with Crippen LogP contribution in [0.3, 0.4) is 0 Å². The summed E-state index contributed by atoms with van der Waals surface area (Å²) in [7, 11) is -4.64. The van der Waals surface area contributed by atoms with E-state index in [1.807, 2.05) is 0 Å². The topological polar surface area (TPSA) is 151 Å². The first kappa shape index (κ1) is 17.1. The molecular weight excluding hydrogens is 319 g/mol. The maximum Gasteiger partial charge on any atom is 0.469 e. The lowest BCUT2D eigenvalue weighted by atomic mass is 10.0. The van der Waals surface area contributed by atoms with Gasteiger partial charge in [0.05, 0.1) is 25.4 Å². The van der Waals surface area contributed by atoms with Crippen molar-refractivity contribution in [3.63, 3.8) is 0 Å². The van der Waals surface area contributed by atoms with E-state index < -0.39 is 43.9 Å². The van der Waals surface area contributed by atoms with E-state index in [1.54, 1.807) is 6.92 Å². The van der Waals surface area contributed by atoms with Gasteiger partial charge in [0.15, 0.2) is 0 Å². The summed E-state index contributed by atoms with van der Waals surface area (Å²) in [4.78, 5) is 42.5. The first-order valence-corrected chi connectivity index (χ1v) is 8.02. The SMILES string of the molecule is Cc1cn(C2COC(COP(=O)(O)O)C(O)C2)c(=O)[nH]c1=O. The third kappa shape index (κ3) is 4.13. The summed E-state index contributed by atoms with van der Waals surface area (Å²) >= 11 is 0. The highest BCUT2D eigenvalue weighted by Gasteiger charge is 2.33. The smallest absolute Gasteiger partial charge is 0.390 e. The molecule has 4 N–H and O–H groups in total. The molecule has 0 aromatic carbocycles. The van der Waals surface area contributed by atoms with Crippen LogP contribution in [0.4, 0.5) is 0 Å². The van der Waals surface area contributed by atoms with Gasteiger partial charge in [0.25, 0.3) is 5.56 Å². The van der Waals surface area contributed by atoms with Crippen LogP contribution in [-0.4, -0.2) is 49.9 Å². The minimum absolute atomic E-state index is 0.0393. The van der Waals surface area contributed by atoms with Crippen molar-refractivity contribution >= 4 is 7.82 Å². The van der Waals surface area contributed by atoms with E-state index in [1.165, 1.54) is 10.8 Å². The van der Waals surface area contributed by atoms with Gasteiger partial charge in [-0.1, -0.05) is 0 Å². The summed E-state index contributed by atoms with van der Waals surface area (Å²) in [6.07, 6.45) is -0.456. The molecule has 124 valence electrons. The molecule has 1 aliphatic heterocycles. The molecule has 10 nitrogen and oxygen atoms in total. The second kappa shape index (κ2) is 6.45. The number of hydrogen-bond donors (Lipinski definition) is 4. The Morgan fingerprint density at radius 3 is 2.77 bits per heavy atom. The fourth-order valence-electron chi connectivity index (χ4n) is 2.23. The average molecular weight is 336 g/mol. The number of aromatic nitrogens is 2. The Labute approximate surface area is 124 Å². The molecule has 3 atom stereocenters. The maximum atomic E-state index is 11.8. The molecule has 1 aromatic rings. The number of aliphatic hydroxyl groups excluding tert-OH is 1. The monoisotopic (exact) mass is 336 g/mol. The Balaban J connectivity index is 2.07. The number of phosphoric ester groups is 1. The van der Waals surface area contributed by atoms with Crippen molar-refractivity contribution in [1.29, 1.82) is 0 Å². The van der Waals surface area contributed by atoms with Crippen LogP contribution in [0, 0.1) is 6.92 Å². The van der Waals surface area contributed by atoms with Gasteiger partial charge in [-0.2, -0.15) is 0 Å². The van der Waals surface area contributed by atoms with E-state index in [4.69, 9.17) is 14.5 Å². The summed E-state index contributed by atoms with van der Waals surface area (Å²) < 4.78 is 21.5. The number of ether oxygens (including phenoxy) is 1. The van der Waals surface area contributed by atoms with Crippen LogP contribution in [-0.2, 0) is 13.8 Å². The highest BCUT2D eigenvalue weighted by Crippen LogP contribution is 2.36. The molecule has 0 saturated carbocycles. The van der Waals surface area contributed by atoms with E-state index in [0.717, 1.165) is 0 Å². The molecule has 1 fully saturated rings. The number of phosphoric acid groups is 1. The normalized spacial score (nSPS) is 26.1. The zero-order valence-electron chi connectivity index (χ0n) is 11.7. The van der Waals surface area contributed by atoms with Crippen molar-refractivity contribution in [2.45, 2.75) is 31.6 Å². The largest absolute Gasteiger partial charge is 0.469 e.